The van der Waals surface area contributed by atoms with Crippen LogP contribution in [-0.4, -0.2) is 29.1 Å². The number of carboxylic acids is 1. The second kappa shape index (κ2) is 7.26. The molecule has 0 bridgehead atoms. The van der Waals surface area contributed by atoms with Gasteiger partial charge in [0.05, 0.1) is 17.7 Å². The van der Waals surface area contributed by atoms with E-state index in [1.807, 2.05) is 0 Å². The summed E-state index contributed by atoms with van der Waals surface area (Å²) < 4.78 is 5.51. The molecule has 0 saturated carbocycles. The Morgan fingerprint density at radius 1 is 1.14 bits per heavy atom. The molecule has 0 aliphatic heterocycles. The number of ether oxygens (including phenoxy) is 1. The first kappa shape index (κ1) is 15.6. The molecule has 0 atom stereocenters. The van der Waals surface area contributed by atoms with E-state index in [1.165, 1.54) is 6.07 Å². The zero-order chi connectivity index (χ0) is 15.9. The van der Waals surface area contributed by atoms with Crippen molar-refractivity contribution < 1.29 is 24.5 Å². The van der Waals surface area contributed by atoms with Crippen LogP contribution in [0, 0.1) is 0 Å². The highest BCUT2D eigenvalue weighted by molar-refractivity contribution is 5.87. The van der Waals surface area contributed by atoms with Crippen molar-refractivity contribution in [3.8, 4) is 11.5 Å². The SMILES string of the molecule is O=Cc1c(O)cccc1OCCCc1ccc(C(=O)O)cc1. The molecule has 0 radical (unpaired) electrons. The monoisotopic (exact) mass is 300 g/mol. The van der Waals surface area contributed by atoms with Crippen LogP contribution in [0.1, 0.15) is 32.7 Å². The topological polar surface area (TPSA) is 83.8 Å². The van der Waals surface area contributed by atoms with Crippen molar-refractivity contribution in [2.24, 2.45) is 0 Å². The van der Waals surface area contributed by atoms with E-state index < -0.39 is 5.97 Å². The number of hydrogen-bond donors (Lipinski definition) is 2. The number of aromatic hydroxyl groups is 1. The zero-order valence-electron chi connectivity index (χ0n) is 11.9. The summed E-state index contributed by atoms with van der Waals surface area (Å²) in [5.41, 5.74) is 1.42. The molecular formula is C17H16O5. The maximum absolute atomic E-state index is 10.9. The maximum atomic E-state index is 10.9. The normalized spacial score (nSPS) is 10.2. The summed E-state index contributed by atoms with van der Waals surface area (Å²) in [7, 11) is 0. The van der Waals surface area contributed by atoms with Gasteiger partial charge in [-0.1, -0.05) is 18.2 Å². The molecule has 0 spiro atoms. The molecule has 0 aromatic heterocycles. The van der Waals surface area contributed by atoms with Crippen LogP contribution in [-0.2, 0) is 6.42 Å². The van der Waals surface area contributed by atoms with Crippen molar-refractivity contribution in [3.63, 3.8) is 0 Å². The number of hydrogen-bond acceptors (Lipinski definition) is 4. The third-order valence-electron chi connectivity index (χ3n) is 3.23. The first-order valence-electron chi connectivity index (χ1n) is 6.84. The van der Waals surface area contributed by atoms with Gasteiger partial charge in [-0.05, 0) is 42.7 Å². The number of phenolic OH excluding ortho intramolecular Hbond substituents is 1. The summed E-state index contributed by atoms with van der Waals surface area (Å²) >= 11 is 0. The Kier molecular flexibility index (Phi) is 5.14. The van der Waals surface area contributed by atoms with Crippen molar-refractivity contribution in [2.75, 3.05) is 6.61 Å². The number of aryl methyl sites for hydroxylation is 1. The second-order valence-electron chi connectivity index (χ2n) is 4.76. The molecule has 0 fully saturated rings. The van der Waals surface area contributed by atoms with Gasteiger partial charge in [0.25, 0.3) is 0 Å². The highest BCUT2D eigenvalue weighted by Gasteiger charge is 2.07. The van der Waals surface area contributed by atoms with Crippen LogP contribution >= 0.6 is 0 Å². The van der Waals surface area contributed by atoms with Gasteiger partial charge in [-0.15, -0.1) is 0 Å². The molecule has 114 valence electrons. The fourth-order valence-electron chi connectivity index (χ4n) is 2.05. The van der Waals surface area contributed by atoms with Crippen LogP contribution in [0.25, 0.3) is 0 Å². The van der Waals surface area contributed by atoms with Crippen LogP contribution in [0.5, 0.6) is 11.5 Å². The number of carbonyl (C=O) groups excluding carboxylic acids is 1. The van der Waals surface area contributed by atoms with E-state index in [2.05, 4.69) is 0 Å². The molecule has 2 aromatic rings. The molecule has 0 aliphatic rings. The second-order valence-corrected chi connectivity index (χ2v) is 4.76. The quantitative estimate of drug-likeness (QED) is 0.606. The molecule has 2 rings (SSSR count). The van der Waals surface area contributed by atoms with Crippen molar-refractivity contribution in [1.29, 1.82) is 0 Å². The summed E-state index contributed by atoms with van der Waals surface area (Å²) in [6.45, 7) is 0.394. The number of carbonyl (C=O) groups is 2. The number of rotatable bonds is 7. The van der Waals surface area contributed by atoms with Crippen molar-refractivity contribution >= 4 is 12.3 Å². The predicted octanol–water partition coefficient (Wildman–Crippen LogP) is 2.91. The van der Waals surface area contributed by atoms with Gasteiger partial charge in [0.1, 0.15) is 11.5 Å². The molecule has 0 aliphatic carbocycles. The van der Waals surface area contributed by atoms with Crippen molar-refractivity contribution in [3.05, 3.63) is 59.2 Å². The molecule has 2 N–H and O–H groups in total. The van der Waals surface area contributed by atoms with Crippen molar-refractivity contribution in [2.45, 2.75) is 12.8 Å². The van der Waals surface area contributed by atoms with Gasteiger partial charge in [-0.25, -0.2) is 4.79 Å². The predicted molar refractivity (Wildman–Crippen MR) is 80.7 cm³/mol. The lowest BCUT2D eigenvalue weighted by atomic mass is 10.1. The van der Waals surface area contributed by atoms with E-state index in [0.717, 1.165) is 12.0 Å². The number of aromatic carboxylic acids is 1. The first-order valence-corrected chi connectivity index (χ1v) is 6.84. The van der Waals surface area contributed by atoms with Gasteiger partial charge in [-0.3, -0.25) is 4.79 Å². The fourth-order valence-corrected chi connectivity index (χ4v) is 2.05. The van der Waals surface area contributed by atoms with Gasteiger partial charge < -0.3 is 14.9 Å². The molecule has 0 unspecified atom stereocenters. The summed E-state index contributed by atoms with van der Waals surface area (Å²) in [6, 6.07) is 11.4. The van der Waals surface area contributed by atoms with E-state index in [1.54, 1.807) is 36.4 Å². The standard InChI is InChI=1S/C17H16O5/c18-11-14-15(19)4-1-5-16(14)22-10-2-3-12-6-8-13(9-7-12)17(20)21/h1,4-9,11,19H,2-3,10H2,(H,20,21). The third kappa shape index (κ3) is 3.85. The molecule has 22 heavy (non-hydrogen) atoms. The lowest BCUT2D eigenvalue weighted by Gasteiger charge is -2.09. The number of carboxylic acid groups (broad SMARTS) is 1. The fraction of sp³-hybridized carbons (Fsp3) is 0.176. The highest BCUT2D eigenvalue weighted by Crippen LogP contribution is 2.25. The first-order chi connectivity index (χ1) is 10.6. The Morgan fingerprint density at radius 2 is 1.86 bits per heavy atom. The van der Waals surface area contributed by atoms with Gasteiger partial charge >= 0.3 is 5.97 Å². The average Bonchev–Trinajstić information content (AvgIpc) is 2.52. The number of benzene rings is 2. The van der Waals surface area contributed by atoms with Crippen LogP contribution in [0.2, 0.25) is 0 Å². The lowest BCUT2D eigenvalue weighted by Crippen LogP contribution is -2.02. The van der Waals surface area contributed by atoms with Crippen LogP contribution in [0.15, 0.2) is 42.5 Å². The van der Waals surface area contributed by atoms with Crippen LogP contribution < -0.4 is 4.74 Å². The zero-order valence-corrected chi connectivity index (χ0v) is 11.9. The Bertz CT molecular complexity index is 661. The summed E-state index contributed by atoms with van der Waals surface area (Å²) in [5.74, 6) is -0.687. The van der Waals surface area contributed by atoms with E-state index >= 15 is 0 Å². The lowest BCUT2D eigenvalue weighted by molar-refractivity contribution is 0.0696. The molecule has 0 heterocycles. The van der Waals surface area contributed by atoms with Crippen molar-refractivity contribution in [1.82, 2.24) is 0 Å². The highest BCUT2D eigenvalue weighted by atomic mass is 16.5. The Balaban J connectivity index is 1.86. The summed E-state index contributed by atoms with van der Waals surface area (Å²) in [4.78, 5) is 21.6. The third-order valence-corrected chi connectivity index (χ3v) is 3.23. The van der Waals surface area contributed by atoms with Crippen LogP contribution in [0.4, 0.5) is 0 Å². The number of aldehydes is 1. The van der Waals surface area contributed by atoms with E-state index in [9.17, 15) is 14.7 Å². The van der Waals surface area contributed by atoms with E-state index in [4.69, 9.17) is 9.84 Å². The van der Waals surface area contributed by atoms with Crippen LogP contribution in [0.3, 0.4) is 0 Å². The van der Waals surface area contributed by atoms with Gasteiger partial charge in [-0.2, -0.15) is 0 Å². The van der Waals surface area contributed by atoms with Gasteiger partial charge in [0.15, 0.2) is 6.29 Å². The van der Waals surface area contributed by atoms with Gasteiger partial charge in [0.2, 0.25) is 0 Å². The molecule has 2 aromatic carbocycles. The molecule has 0 saturated heterocycles. The minimum Gasteiger partial charge on any atom is -0.507 e. The minimum absolute atomic E-state index is 0.100. The largest absolute Gasteiger partial charge is 0.507 e. The van der Waals surface area contributed by atoms with Gasteiger partial charge in [0, 0.05) is 0 Å². The minimum atomic E-state index is -0.944. The molecule has 5 heteroatoms. The summed E-state index contributed by atoms with van der Waals surface area (Å²) in [5, 5.41) is 18.4. The average molecular weight is 300 g/mol. The maximum Gasteiger partial charge on any atom is 0.335 e. The summed E-state index contributed by atoms with van der Waals surface area (Å²) in [6.07, 6.45) is 2.00. The number of phenols is 1. The Morgan fingerprint density at radius 3 is 2.50 bits per heavy atom. The Hall–Kier alpha value is -2.82. The molecular weight excluding hydrogens is 284 g/mol. The Labute approximate surface area is 127 Å². The van der Waals surface area contributed by atoms with E-state index in [-0.39, 0.29) is 16.9 Å². The van der Waals surface area contributed by atoms with E-state index in [0.29, 0.717) is 25.1 Å². The molecule has 5 nitrogen and oxygen atoms in total. The smallest absolute Gasteiger partial charge is 0.335 e. The molecule has 0 amide bonds.